The van der Waals surface area contributed by atoms with Gasteiger partial charge in [0.25, 0.3) is 5.89 Å². The van der Waals surface area contributed by atoms with Gasteiger partial charge in [0.15, 0.2) is 11.9 Å². The van der Waals surface area contributed by atoms with Crippen molar-refractivity contribution in [2.45, 2.75) is 32.8 Å². The smallest absolute Gasteiger partial charge is 0.339 e. The van der Waals surface area contributed by atoms with Crippen molar-refractivity contribution in [3.05, 3.63) is 72.1 Å². The standard InChI is InChI=1S/C22H20N4O3/c1-3-6-20-25-21(29-26-20)14(2)28-22(27)17-13-19(15-9-11-23-12-10-15)24-18-8-5-4-7-16(17)18/h4-5,7-14H,3,6H2,1-2H3. The van der Waals surface area contributed by atoms with E-state index in [1.165, 1.54) is 0 Å². The van der Waals surface area contributed by atoms with Crippen LogP contribution in [0.5, 0.6) is 0 Å². The average molecular weight is 388 g/mol. The molecular weight excluding hydrogens is 368 g/mol. The maximum absolute atomic E-state index is 13.0. The molecule has 0 aliphatic rings. The predicted octanol–water partition coefficient (Wildman–Crippen LogP) is 4.55. The molecule has 1 aromatic carbocycles. The van der Waals surface area contributed by atoms with Gasteiger partial charge in [0.1, 0.15) is 0 Å². The third-order valence-electron chi connectivity index (χ3n) is 4.50. The van der Waals surface area contributed by atoms with Gasteiger partial charge in [0.2, 0.25) is 0 Å². The molecule has 1 atom stereocenters. The Kier molecular flexibility index (Phi) is 5.29. The van der Waals surface area contributed by atoms with Gasteiger partial charge in [-0.1, -0.05) is 30.3 Å². The number of hydrogen-bond donors (Lipinski definition) is 0. The molecule has 0 N–H and O–H groups in total. The maximum atomic E-state index is 13.0. The van der Waals surface area contributed by atoms with E-state index in [1.54, 1.807) is 25.4 Å². The van der Waals surface area contributed by atoms with Crippen LogP contribution < -0.4 is 0 Å². The Morgan fingerprint density at radius 1 is 1.14 bits per heavy atom. The number of para-hydroxylation sites is 1. The van der Waals surface area contributed by atoms with Crippen LogP contribution in [0.25, 0.3) is 22.2 Å². The number of carbonyl (C=O) groups excluding carboxylic acids is 1. The van der Waals surface area contributed by atoms with E-state index in [1.807, 2.05) is 43.3 Å². The summed E-state index contributed by atoms with van der Waals surface area (Å²) in [5.74, 6) is 0.427. The summed E-state index contributed by atoms with van der Waals surface area (Å²) in [7, 11) is 0. The second-order valence-electron chi connectivity index (χ2n) is 6.65. The van der Waals surface area contributed by atoms with Crippen LogP contribution in [0.2, 0.25) is 0 Å². The predicted molar refractivity (Wildman–Crippen MR) is 107 cm³/mol. The lowest BCUT2D eigenvalue weighted by molar-refractivity contribution is 0.0267. The van der Waals surface area contributed by atoms with E-state index in [-0.39, 0.29) is 5.89 Å². The van der Waals surface area contributed by atoms with Crippen LogP contribution >= 0.6 is 0 Å². The number of ether oxygens (including phenoxy) is 1. The zero-order chi connectivity index (χ0) is 20.2. The number of aromatic nitrogens is 4. The highest BCUT2D eigenvalue weighted by Gasteiger charge is 2.22. The highest BCUT2D eigenvalue weighted by Crippen LogP contribution is 2.26. The van der Waals surface area contributed by atoms with Gasteiger partial charge in [-0.25, -0.2) is 9.78 Å². The van der Waals surface area contributed by atoms with Gasteiger partial charge in [-0.15, -0.1) is 0 Å². The molecule has 0 fully saturated rings. The Hall–Kier alpha value is -3.61. The molecule has 0 radical (unpaired) electrons. The third kappa shape index (κ3) is 3.99. The minimum Gasteiger partial charge on any atom is -0.449 e. The van der Waals surface area contributed by atoms with E-state index in [0.29, 0.717) is 29.0 Å². The molecule has 4 aromatic rings. The van der Waals surface area contributed by atoms with E-state index >= 15 is 0 Å². The lowest BCUT2D eigenvalue weighted by Gasteiger charge is -2.12. The van der Waals surface area contributed by atoms with Gasteiger partial charge >= 0.3 is 5.97 Å². The summed E-state index contributed by atoms with van der Waals surface area (Å²) in [5.41, 5.74) is 2.69. The molecule has 3 aromatic heterocycles. The molecular formula is C22H20N4O3. The Bertz CT molecular complexity index is 1140. The first-order valence-corrected chi connectivity index (χ1v) is 9.49. The maximum Gasteiger partial charge on any atom is 0.339 e. The number of carbonyl (C=O) groups is 1. The molecule has 0 bridgehead atoms. The van der Waals surface area contributed by atoms with Crippen LogP contribution in [0.3, 0.4) is 0 Å². The van der Waals surface area contributed by atoms with Crippen molar-refractivity contribution in [1.82, 2.24) is 20.1 Å². The molecule has 1 unspecified atom stereocenters. The fourth-order valence-corrected chi connectivity index (χ4v) is 3.05. The Balaban J connectivity index is 1.67. The molecule has 0 saturated carbocycles. The quantitative estimate of drug-likeness (QED) is 0.447. The SMILES string of the molecule is CCCc1noc(C(C)OC(=O)c2cc(-c3ccncc3)nc3ccccc23)n1. The van der Waals surface area contributed by atoms with Crippen LogP contribution in [0.15, 0.2) is 59.4 Å². The molecule has 7 heteroatoms. The van der Waals surface area contributed by atoms with Crippen molar-refractivity contribution < 1.29 is 14.1 Å². The van der Waals surface area contributed by atoms with Crippen molar-refractivity contribution in [2.24, 2.45) is 0 Å². The van der Waals surface area contributed by atoms with Crippen LogP contribution in [-0.4, -0.2) is 26.1 Å². The zero-order valence-corrected chi connectivity index (χ0v) is 16.2. The van der Waals surface area contributed by atoms with Crippen LogP contribution in [0, 0.1) is 0 Å². The number of rotatable bonds is 6. The number of nitrogens with zero attached hydrogens (tertiary/aromatic N) is 4. The summed E-state index contributed by atoms with van der Waals surface area (Å²) in [6.45, 7) is 3.75. The number of aryl methyl sites for hydroxylation is 1. The van der Waals surface area contributed by atoms with Gasteiger partial charge in [-0.05, 0) is 37.6 Å². The molecule has 0 aliphatic carbocycles. The summed E-state index contributed by atoms with van der Waals surface area (Å²) in [4.78, 5) is 26.0. The van der Waals surface area contributed by atoms with Crippen LogP contribution in [0.4, 0.5) is 0 Å². The summed E-state index contributed by atoms with van der Waals surface area (Å²) in [6, 6.07) is 12.9. The molecule has 0 spiro atoms. The summed E-state index contributed by atoms with van der Waals surface area (Å²) < 4.78 is 10.9. The zero-order valence-electron chi connectivity index (χ0n) is 16.2. The first-order chi connectivity index (χ1) is 14.2. The lowest BCUT2D eigenvalue weighted by Crippen LogP contribution is -2.11. The normalized spacial score (nSPS) is 12.1. The fourth-order valence-electron chi connectivity index (χ4n) is 3.05. The fraction of sp³-hybridized carbons (Fsp3) is 0.227. The van der Waals surface area contributed by atoms with E-state index < -0.39 is 12.1 Å². The number of pyridine rings is 2. The van der Waals surface area contributed by atoms with Crippen LogP contribution in [0.1, 0.15) is 48.4 Å². The first-order valence-electron chi connectivity index (χ1n) is 9.49. The van der Waals surface area contributed by atoms with Gasteiger partial charge in [-0.2, -0.15) is 4.98 Å². The van der Waals surface area contributed by atoms with Crippen LogP contribution in [-0.2, 0) is 11.2 Å². The number of hydrogen-bond acceptors (Lipinski definition) is 7. The molecule has 29 heavy (non-hydrogen) atoms. The van der Waals surface area contributed by atoms with Crippen molar-refractivity contribution in [3.8, 4) is 11.3 Å². The molecule has 0 saturated heterocycles. The largest absolute Gasteiger partial charge is 0.449 e. The third-order valence-corrected chi connectivity index (χ3v) is 4.50. The highest BCUT2D eigenvalue weighted by molar-refractivity contribution is 6.04. The van der Waals surface area contributed by atoms with E-state index in [9.17, 15) is 4.79 Å². The lowest BCUT2D eigenvalue weighted by atomic mass is 10.0. The minimum absolute atomic E-state index is 0.287. The average Bonchev–Trinajstić information content (AvgIpc) is 3.22. The van der Waals surface area contributed by atoms with Gasteiger partial charge in [0.05, 0.1) is 16.8 Å². The van der Waals surface area contributed by atoms with E-state index in [2.05, 4.69) is 20.1 Å². The van der Waals surface area contributed by atoms with Gasteiger partial charge in [-0.3, -0.25) is 4.98 Å². The Morgan fingerprint density at radius 3 is 2.72 bits per heavy atom. The Morgan fingerprint density at radius 2 is 1.93 bits per heavy atom. The monoisotopic (exact) mass is 388 g/mol. The van der Waals surface area contributed by atoms with Gasteiger partial charge in [0, 0.05) is 29.8 Å². The Labute approximate surface area is 167 Å². The van der Waals surface area contributed by atoms with Crippen molar-refractivity contribution >= 4 is 16.9 Å². The van der Waals surface area contributed by atoms with Crippen molar-refractivity contribution in [1.29, 1.82) is 0 Å². The highest BCUT2D eigenvalue weighted by atomic mass is 16.6. The van der Waals surface area contributed by atoms with Crippen molar-refractivity contribution in [2.75, 3.05) is 0 Å². The number of fused-ring (bicyclic) bond motifs is 1. The van der Waals surface area contributed by atoms with E-state index in [0.717, 1.165) is 17.4 Å². The second kappa shape index (κ2) is 8.18. The summed E-state index contributed by atoms with van der Waals surface area (Å²) in [6.07, 6.45) is 4.35. The number of benzene rings is 1. The summed E-state index contributed by atoms with van der Waals surface area (Å²) >= 11 is 0. The molecule has 7 nitrogen and oxygen atoms in total. The van der Waals surface area contributed by atoms with E-state index in [4.69, 9.17) is 9.26 Å². The first kappa shape index (κ1) is 18.7. The van der Waals surface area contributed by atoms with Gasteiger partial charge < -0.3 is 9.26 Å². The minimum atomic E-state index is -0.656. The molecule has 0 amide bonds. The molecule has 3 heterocycles. The summed E-state index contributed by atoms with van der Waals surface area (Å²) in [5, 5.41) is 4.64. The molecule has 4 rings (SSSR count). The van der Waals surface area contributed by atoms with Crippen molar-refractivity contribution in [3.63, 3.8) is 0 Å². The molecule has 146 valence electrons. The second-order valence-corrected chi connectivity index (χ2v) is 6.65. The number of esters is 1. The molecule has 0 aliphatic heterocycles. The topological polar surface area (TPSA) is 91.0 Å².